The lowest BCUT2D eigenvalue weighted by Gasteiger charge is -2.10. The van der Waals surface area contributed by atoms with Crippen LogP contribution in [0.2, 0.25) is 5.02 Å². The Hall–Kier alpha value is -2.07. The molecule has 0 atom stereocenters. The van der Waals surface area contributed by atoms with Crippen LogP contribution < -0.4 is 5.32 Å². The SMILES string of the molecule is Cc1c(Cl)cccc1Nc1cncc(C(=O)O)c1. The maximum Gasteiger partial charge on any atom is 0.337 e. The normalized spacial score (nSPS) is 10.1. The van der Waals surface area contributed by atoms with E-state index in [0.717, 1.165) is 11.3 Å². The largest absolute Gasteiger partial charge is 0.478 e. The van der Waals surface area contributed by atoms with Crippen molar-refractivity contribution < 1.29 is 9.90 Å². The summed E-state index contributed by atoms with van der Waals surface area (Å²) in [5.41, 5.74) is 2.48. The molecular formula is C13H11ClN2O2. The van der Waals surface area contributed by atoms with E-state index in [9.17, 15) is 4.79 Å². The highest BCUT2D eigenvalue weighted by Gasteiger charge is 2.06. The fourth-order valence-corrected chi connectivity index (χ4v) is 1.70. The van der Waals surface area contributed by atoms with E-state index in [-0.39, 0.29) is 5.56 Å². The van der Waals surface area contributed by atoms with E-state index >= 15 is 0 Å². The van der Waals surface area contributed by atoms with Gasteiger partial charge >= 0.3 is 5.97 Å². The van der Waals surface area contributed by atoms with Gasteiger partial charge in [0.25, 0.3) is 0 Å². The maximum atomic E-state index is 10.8. The second-order valence-corrected chi connectivity index (χ2v) is 4.21. The zero-order valence-corrected chi connectivity index (χ0v) is 10.4. The standard InChI is InChI=1S/C13H11ClN2O2/c1-8-11(14)3-2-4-12(8)16-10-5-9(13(17)18)6-15-7-10/h2-7,16H,1H3,(H,17,18). The van der Waals surface area contributed by atoms with Gasteiger partial charge in [-0.15, -0.1) is 0 Å². The van der Waals surface area contributed by atoms with Crippen LogP contribution in [0, 0.1) is 6.92 Å². The van der Waals surface area contributed by atoms with Crippen molar-refractivity contribution in [2.45, 2.75) is 6.92 Å². The van der Waals surface area contributed by atoms with Gasteiger partial charge < -0.3 is 10.4 Å². The molecule has 0 fully saturated rings. The number of benzene rings is 1. The van der Waals surface area contributed by atoms with Gasteiger partial charge in [-0.3, -0.25) is 4.98 Å². The van der Waals surface area contributed by atoms with Crippen molar-refractivity contribution in [2.75, 3.05) is 5.32 Å². The molecule has 2 rings (SSSR count). The Morgan fingerprint density at radius 1 is 1.39 bits per heavy atom. The molecule has 0 saturated heterocycles. The van der Waals surface area contributed by atoms with E-state index < -0.39 is 5.97 Å². The highest BCUT2D eigenvalue weighted by atomic mass is 35.5. The highest BCUT2D eigenvalue weighted by Crippen LogP contribution is 2.26. The predicted octanol–water partition coefficient (Wildman–Crippen LogP) is 3.49. The van der Waals surface area contributed by atoms with Crippen molar-refractivity contribution in [1.82, 2.24) is 4.98 Å². The third kappa shape index (κ3) is 2.60. The summed E-state index contributed by atoms with van der Waals surface area (Å²) in [5, 5.41) is 12.6. The van der Waals surface area contributed by atoms with Crippen LogP contribution >= 0.6 is 11.6 Å². The average Bonchev–Trinajstić information content (AvgIpc) is 2.35. The molecule has 2 aromatic rings. The lowest BCUT2D eigenvalue weighted by atomic mass is 10.2. The minimum Gasteiger partial charge on any atom is -0.478 e. The van der Waals surface area contributed by atoms with Gasteiger partial charge in [0.2, 0.25) is 0 Å². The number of carboxylic acids is 1. The summed E-state index contributed by atoms with van der Waals surface area (Å²) in [4.78, 5) is 14.7. The molecule has 1 aromatic carbocycles. The summed E-state index contributed by atoms with van der Waals surface area (Å²) in [7, 11) is 0. The van der Waals surface area contributed by atoms with Gasteiger partial charge in [0, 0.05) is 16.9 Å². The van der Waals surface area contributed by atoms with Crippen LogP contribution in [0.25, 0.3) is 0 Å². The van der Waals surface area contributed by atoms with Crippen LogP contribution in [0.5, 0.6) is 0 Å². The van der Waals surface area contributed by atoms with Crippen LogP contribution in [-0.4, -0.2) is 16.1 Å². The van der Waals surface area contributed by atoms with Crippen molar-refractivity contribution in [1.29, 1.82) is 0 Å². The Bertz CT molecular complexity index is 599. The topological polar surface area (TPSA) is 62.2 Å². The molecule has 0 aliphatic heterocycles. The van der Waals surface area contributed by atoms with Crippen LogP contribution in [0.15, 0.2) is 36.7 Å². The molecule has 1 heterocycles. The second-order valence-electron chi connectivity index (χ2n) is 3.80. The number of aromatic nitrogens is 1. The molecule has 0 radical (unpaired) electrons. The molecular weight excluding hydrogens is 252 g/mol. The van der Waals surface area contributed by atoms with E-state index in [1.807, 2.05) is 19.1 Å². The molecule has 0 aliphatic carbocycles. The number of halogens is 1. The van der Waals surface area contributed by atoms with Crippen molar-refractivity contribution in [3.8, 4) is 0 Å². The second kappa shape index (κ2) is 5.06. The monoisotopic (exact) mass is 262 g/mol. The van der Waals surface area contributed by atoms with Gasteiger partial charge in [-0.1, -0.05) is 17.7 Å². The molecule has 1 aromatic heterocycles. The van der Waals surface area contributed by atoms with Crippen molar-refractivity contribution in [3.05, 3.63) is 52.8 Å². The molecule has 0 spiro atoms. The van der Waals surface area contributed by atoms with E-state index in [2.05, 4.69) is 10.3 Å². The lowest BCUT2D eigenvalue weighted by Crippen LogP contribution is -2.00. The minimum absolute atomic E-state index is 0.139. The summed E-state index contributed by atoms with van der Waals surface area (Å²) >= 11 is 6.01. The summed E-state index contributed by atoms with van der Waals surface area (Å²) < 4.78 is 0. The summed E-state index contributed by atoms with van der Waals surface area (Å²) in [6.07, 6.45) is 2.87. The third-order valence-electron chi connectivity index (χ3n) is 2.53. The number of nitrogens with one attached hydrogen (secondary N) is 1. The number of hydrogen-bond donors (Lipinski definition) is 2. The Balaban J connectivity index is 2.31. The molecule has 0 saturated carbocycles. The zero-order chi connectivity index (χ0) is 13.1. The first-order valence-electron chi connectivity index (χ1n) is 5.28. The van der Waals surface area contributed by atoms with Crippen LogP contribution in [0.4, 0.5) is 11.4 Å². The number of pyridine rings is 1. The zero-order valence-electron chi connectivity index (χ0n) is 9.64. The molecule has 2 N–H and O–H groups in total. The van der Waals surface area contributed by atoms with Crippen LogP contribution in [0.3, 0.4) is 0 Å². The van der Waals surface area contributed by atoms with Gasteiger partial charge in [0.15, 0.2) is 0 Å². The summed E-state index contributed by atoms with van der Waals surface area (Å²) in [5.74, 6) is -1.01. The number of anilines is 2. The highest BCUT2D eigenvalue weighted by molar-refractivity contribution is 6.31. The van der Waals surface area contributed by atoms with E-state index in [0.29, 0.717) is 10.7 Å². The van der Waals surface area contributed by atoms with E-state index in [1.165, 1.54) is 12.3 Å². The lowest BCUT2D eigenvalue weighted by molar-refractivity contribution is 0.0696. The summed E-state index contributed by atoms with van der Waals surface area (Å²) in [6.45, 7) is 1.89. The molecule has 5 heteroatoms. The van der Waals surface area contributed by atoms with Crippen molar-refractivity contribution in [2.24, 2.45) is 0 Å². The number of hydrogen-bond acceptors (Lipinski definition) is 3. The quantitative estimate of drug-likeness (QED) is 0.889. The first kappa shape index (κ1) is 12.4. The van der Waals surface area contributed by atoms with Gasteiger partial charge in [0.05, 0.1) is 17.4 Å². The molecule has 4 nitrogen and oxygen atoms in total. The average molecular weight is 263 g/mol. The minimum atomic E-state index is -1.01. The number of rotatable bonds is 3. The fourth-order valence-electron chi connectivity index (χ4n) is 1.52. The molecule has 92 valence electrons. The van der Waals surface area contributed by atoms with Crippen molar-refractivity contribution in [3.63, 3.8) is 0 Å². The fraction of sp³-hybridized carbons (Fsp3) is 0.0769. The molecule has 0 unspecified atom stereocenters. The number of aromatic carboxylic acids is 1. The van der Waals surface area contributed by atoms with Gasteiger partial charge in [-0.2, -0.15) is 0 Å². The van der Waals surface area contributed by atoms with Gasteiger partial charge in [-0.05, 0) is 30.7 Å². The number of nitrogens with zero attached hydrogens (tertiary/aromatic N) is 1. The van der Waals surface area contributed by atoms with E-state index in [1.54, 1.807) is 12.3 Å². The first-order chi connectivity index (χ1) is 8.58. The first-order valence-corrected chi connectivity index (χ1v) is 5.66. The van der Waals surface area contributed by atoms with Crippen LogP contribution in [0.1, 0.15) is 15.9 Å². The third-order valence-corrected chi connectivity index (χ3v) is 2.94. The maximum absolute atomic E-state index is 10.8. The smallest absolute Gasteiger partial charge is 0.337 e. The van der Waals surface area contributed by atoms with Crippen molar-refractivity contribution >= 4 is 28.9 Å². The molecule has 0 bridgehead atoms. The molecule has 0 aliphatic rings. The predicted molar refractivity (Wildman–Crippen MR) is 70.7 cm³/mol. The Morgan fingerprint density at radius 3 is 2.89 bits per heavy atom. The number of carboxylic acid groups (broad SMARTS) is 1. The Labute approximate surface area is 109 Å². The number of carbonyl (C=O) groups is 1. The summed E-state index contributed by atoms with van der Waals surface area (Å²) in [6, 6.07) is 7.02. The van der Waals surface area contributed by atoms with Gasteiger partial charge in [0.1, 0.15) is 0 Å². The molecule has 0 amide bonds. The van der Waals surface area contributed by atoms with Crippen LogP contribution in [-0.2, 0) is 0 Å². The molecule has 18 heavy (non-hydrogen) atoms. The van der Waals surface area contributed by atoms with Gasteiger partial charge in [-0.25, -0.2) is 4.79 Å². The van der Waals surface area contributed by atoms with E-state index in [4.69, 9.17) is 16.7 Å². The Kier molecular flexibility index (Phi) is 3.48. The Morgan fingerprint density at radius 2 is 2.17 bits per heavy atom.